The number of carboxylic acids is 1. The largest absolute Gasteiger partial charge is 0.478 e. The van der Waals surface area contributed by atoms with Gasteiger partial charge in [-0.15, -0.1) is 0 Å². The highest BCUT2D eigenvalue weighted by Gasteiger charge is 2.14. The van der Waals surface area contributed by atoms with Crippen molar-refractivity contribution in [1.29, 1.82) is 0 Å². The van der Waals surface area contributed by atoms with E-state index in [1.165, 1.54) is 0 Å². The molecule has 0 unspecified atom stereocenters. The summed E-state index contributed by atoms with van der Waals surface area (Å²) in [7, 11) is 0. The van der Waals surface area contributed by atoms with Gasteiger partial charge >= 0.3 is 5.97 Å². The number of aromatic carboxylic acids is 1. The van der Waals surface area contributed by atoms with Gasteiger partial charge in [0.25, 0.3) is 0 Å². The lowest BCUT2D eigenvalue weighted by Gasteiger charge is -2.29. The third-order valence-corrected chi connectivity index (χ3v) is 3.22. The third-order valence-electron chi connectivity index (χ3n) is 2.56. The highest BCUT2D eigenvalue weighted by molar-refractivity contribution is 9.10. The van der Waals surface area contributed by atoms with Crippen LogP contribution in [-0.4, -0.2) is 37.4 Å². The van der Waals surface area contributed by atoms with E-state index >= 15 is 0 Å². The average molecular weight is 286 g/mol. The smallest absolute Gasteiger partial charge is 0.336 e. The molecule has 0 radical (unpaired) electrons. The maximum atomic E-state index is 10.8. The van der Waals surface area contributed by atoms with Gasteiger partial charge in [-0.3, -0.25) is 0 Å². The minimum Gasteiger partial charge on any atom is -0.478 e. The number of anilines is 1. The quantitative estimate of drug-likeness (QED) is 0.903. The van der Waals surface area contributed by atoms with E-state index in [-0.39, 0.29) is 5.56 Å². The van der Waals surface area contributed by atoms with Crippen molar-refractivity contribution in [3.05, 3.63) is 28.2 Å². The first kappa shape index (κ1) is 11.4. The van der Waals surface area contributed by atoms with E-state index in [1.54, 1.807) is 6.07 Å². The molecular weight excluding hydrogens is 274 g/mol. The van der Waals surface area contributed by atoms with Crippen molar-refractivity contribution in [2.24, 2.45) is 0 Å². The van der Waals surface area contributed by atoms with E-state index in [0.29, 0.717) is 4.47 Å². The Hall–Kier alpha value is -1.07. The van der Waals surface area contributed by atoms with Crippen LogP contribution in [0, 0.1) is 0 Å². The Balaban J connectivity index is 2.23. The standard InChI is InChI=1S/C11H12BrNO3/c12-10-7-8(1-2-9(10)11(14)15)13-3-5-16-6-4-13/h1-2,7H,3-6H2,(H,14,15). The summed E-state index contributed by atoms with van der Waals surface area (Å²) < 4.78 is 5.88. The number of carboxylic acid groups (broad SMARTS) is 1. The number of carbonyl (C=O) groups is 1. The first-order chi connectivity index (χ1) is 7.68. The zero-order valence-electron chi connectivity index (χ0n) is 8.65. The molecule has 86 valence electrons. The monoisotopic (exact) mass is 285 g/mol. The van der Waals surface area contributed by atoms with Gasteiger partial charge in [-0.05, 0) is 34.1 Å². The van der Waals surface area contributed by atoms with E-state index in [2.05, 4.69) is 20.8 Å². The fourth-order valence-corrected chi connectivity index (χ4v) is 2.23. The molecule has 0 amide bonds. The summed E-state index contributed by atoms with van der Waals surface area (Å²) in [5.74, 6) is -0.916. The van der Waals surface area contributed by atoms with E-state index in [1.807, 2.05) is 12.1 Å². The molecule has 1 aliphatic rings. The molecule has 1 N–H and O–H groups in total. The lowest BCUT2D eigenvalue weighted by molar-refractivity contribution is 0.0696. The average Bonchev–Trinajstić information content (AvgIpc) is 2.29. The van der Waals surface area contributed by atoms with Crippen LogP contribution in [-0.2, 0) is 4.74 Å². The predicted octanol–water partition coefficient (Wildman–Crippen LogP) is 1.98. The molecule has 0 aliphatic carbocycles. The Kier molecular flexibility index (Phi) is 3.46. The van der Waals surface area contributed by atoms with Gasteiger partial charge in [0.15, 0.2) is 0 Å². The first-order valence-corrected chi connectivity index (χ1v) is 5.83. The topological polar surface area (TPSA) is 49.8 Å². The Morgan fingerprint density at radius 2 is 2.06 bits per heavy atom. The Labute approximate surface area is 102 Å². The van der Waals surface area contributed by atoms with Crippen LogP contribution in [0.25, 0.3) is 0 Å². The zero-order chi connectivity index (χ0) is 11.5. The van der Waals surface area contributed by atoms with Gasteiger partial charge < -0.3 is 14.7 Å². The van der Waals surface area contributed by atoms with Gasteiger partial charge in [-0.1, -0.05) is 0 Å². The fraction of sp³-hybridized carbons (Fsp3) is 0.364. The molecule has 4 nitrogen and oxygen atoms in total. The Morgan fingerprint density at radius 3 is 2.62 bits per heavy atom. The van der Waals surface area contributed by atoms with E-state index < -0.39 is 5.97 Å². The SMILES string of the molecule is O=C(O)c1ccc(N2CCOCC2)cc1Br. The van der Waals surface area contributed by atoms with E-state index in [0.717, 1.165) is 32.0 Å². The fourth-order valence-electron chi connectivity index (χ4n) is 1.70. The molecular formula is C11H12BrNO3. The maximum absolute atomic E-state index is 10.8. The van der Waals surface area contributed by atoms with Crippen molar-refractivity contribution in [3.63, 3.8) is 0 Å². The van der Waals surface area contributed by atoms with E-state index in [4.69, 9.17) is 9.84 Å². The summed E-state index contributed by atoms with van der Waals surface area (Å²) in [6.45, 7) is 3.13. The van der Waals surface area contributed by atoms with Crippen LogP contribution in [0.15, 0.2) is 22.7 Å². The molecule has 0 saturated carbocycles. The second-order valence-electron chi connectivity index (χ2n) is 3.57. The van der Waals surface area contributed by atoms with E-state index in [9.17, 15) is 4.79 Å². The number of benzene rings is 1. The van der Waals surface area contributed by atoms with Crippen LogP contribution in [0.2, 0.25) is 0 Å². The number of nitrogens with zero attached hydrogens (tertiary/aromatic N) is 1. The third kappa shape index (κ3) is 2.36. The van der Waals surface area contributed by atoms with Crippen molar-refractivity contribution < 1.29 is 14.6 Å². The molecule has 0 atom stereocenters. The molecule has 5 heteroatoms. The molecule has 2 rings (SSSR count). The van der Waals surface area contributed by atoms with Gasteiger partial charge in [0.05, 0.1) is 18.8 Å². The zero-order valence-corrected chi connectivity index (χ0v) is 10.2. The van der Waals surface area contributed by atoms with Crippen LogP contribution < -0.4 is 4.90 Å². The van der Waals surface area contributed by atoms with Crippen LogP contribution in [0.1, 0.15) is 10.4 Å². The maximum Gasteiger partial charge on any atom is 0.336 e. The Bertz CT molecular complexity index is 402. The molecule has 1 aliphatic heterocycles. The molecule has 1 aromatic rings. The molecule has 0 aromatic heterocycles. The summed E-state index contributed by atoms with van der Waals surface area (Å²) in [5.41, 5.74) is 1.32. The lowest BCUT2D eigenvalue weighted by atomic mass is 10.2. The molecule has 1 heterocycles. The van der Waals surface area contributed by atoms with Crippen molar-refractivity contribution in [2.45, 2.75) is 0 Å². The summed E-state index contributed by atoms with van der Waals surface area (Å²) in [5, 5.41) is 8.90. The number of morpholine rings is 1. The highest BCUT2D eigenvalue weighted by atomic mass is 79.9. The van der Waals surface area contributed by atoms with Gasteiger partial charge in [0, 0.05) is 23.2 Å². The van der Waals surface area contributed by atoms with Crippen LogP contribution in [0.3, 0.4) is 0 Å². The van der Waals surface area contributed by atoms with Crippen molar-refractivity contribution in [1.82, 2.24) is 0 Å². The van der Waals surface area contributed by atoms with Crippen molar-refractivity contribution >= 4 is 27.6 Å². The lowest BCUT2D eigenvalue weighted by Crippen LogP contribution is -2.36. The van der Waals surface area contributed by atoms with Gasteiger partial charge in [-0.2, -0.15) is 0 Å². The predicted molar refractivity (Wildman–Crippen MR) is 64.1 cm³/mol. The number of ether oxygens (including phenoxy) is 1. The number of halogens is 1. The number of hydrogen-bond acceptors (Lipinski definition) is 3. The molecule has 0 bridgehead atoms. The van der Waals surface area contributed by atoms with Crippen molar-refractivity contribution in [3.8, 4) is 0 Å². The summed E-state index contributed by atoms with van der Waals surface area (Å²) in [6, 6.07) is 5.30. The Morgan fingerprint density at radius 1 is 1.38 bits per heavy atom. The van der Waals surface area contributed by atoms with Crippen LogP contribution >= 0.6 is 15.9 Å². The van der Waals surface area contributed by atoms with Gasteiger partial charge in [-0.25, -0.2) is 4.79 Å². The number of rotatable bonds is 2. The summed E-state index contributed by atoms with van der Waals surface area (Å²) >= 11 is 3.28. The minimum absolute atomic E-state index is 0.289. The summed E-state index contributed by atoms with van der Waals surface area (Å²) in [4.78, 5) is 13.0. The highest BCUT2D eigenvalue weighted by Crippen LogP contribution is 2.24. The number of hydrogen-bond donors (Lipinski definition) is 1. The molecule has 1 saturated heterocycles. The van der Waals surface area contributed by atoms with Crippen LogP contribution in [0.5, 0.6) is 0 Å². The van der Waals surface area contributed by atoms with Crippen LogP contribution in [0.4, 0.5) is 5.69 Å². The normalized spacial score (nSPS) is 16.2. The molecule has 1 aromatic carbocycles. The molecule has 16 heavy (non-hydrogen) atoms. The summed E-state index contributed by atoms with van der Waals surface area (Å²) in [6.07, 6.45) is 0. The first-order valence-electron chi connectivity index (χ1n) is 5.04. The second kappa shape index (κ2) is 4.84. The molecule has 1 fully saturated rings. The van der Waals surface area contributed by atoms with Gasteiger partial charge in [0.1, 0.15) is 0 Å². The van der Waals surface area contributed by atoms with Gasteiger partial charge in [0.2, 0.25) is 0 Å². The second-order valence-corrected chi connectivity index (χ2v) is 4.42. The minimum atomic E-state index is -0.916. The molecule has 0 spiro atoms. The van der Waals surface area contributed by atoms with Crippen molar-refractivity contribution in [2.75, 3.05) is 31.2 Å².